The van der Waals surface area contributed by atoms with Crippen LogP contribution in [0.25, 0.3) is 10.1 Å². The molecule has 0 saturated heterocycles. The summed E-state index contributed by atoms with van der Waals surface area (Å²) in [5, 5.41) is 6.49. The maximum atomic E-state index is 12.1. The van der Waals surface area contributed by atoms with E-state index in [1.807, 2.05) is 31.2 Å². The third-order valence-electron chi connectivity index (χ3n) is 3.63. The van der Waals surface area contributed by atoms with Gasteiger partial charge in [0.25, 0.3) is 5.91 Å². The van der Waals surface area contributed by atoms with Crippen molar-refractivity contribution in [2.75, 3.05) is 6.54 Å². The molecule has 3 aromatic rings. The zero-order chi connectivity index (χ0) is 14.7. The second-order valence-corrected chi connectivity index (χ2v) is 5.99. The van der Waals surface area contributed by atoms with Crippen LogP contribution in [0.5, 0.6) is 0 Å². The van der Waals surface area contributed by atoms with Gasteiger partial charge in [0.2, 0.25) is 0 Å². The highest BCUT2D eigenvalue weighted by atomic mass is 32.1. The molecule has 1 N–H and O–H groups in total. The van der Waals surface area contributed by atoms with Gasteiger partial charge < -0.3 is 5.32 Å². The Morgan fingerprint density at radius 3 is 2.71 bits per heavy atom. The number of nitrogens with one attached hydrogen (secondary N) is 1. The second kappa shape index (κ2) is 6.10. The van der Waals surface area contributed by atoms with E-state index in [0.717, 1.165) is 17.5 Å². The summed E-state index contributed by atoms with van der Waals surface area (Å²) in [4.78, 5) is 12.1. The fourth-order valence-electron chi connectivity index (χ4n) is 2.46. The Kier molecular flexibility index (Phi) is 4.02. The molecule has 1 amide bonds. The quantitative estimate of drug-likeness (QED) is 0.768. The van der Waals surface area contributed by atoms with Gasteiger partial charge in [0.1, 0.15) is 0 Å². The molecule has 0 aliphatic carbocycles. The number of aryl methyl sites for hydroxylation is 1. The van der Waals surface area contributed by atoms with Crippen molar-refractivity contribution < 1.29 is 4.79 Å². The Hall–Kier alpha value is -2.13. The third-order valence-corrected chi connectivity index (χ3v) is 4.64. The van der Waals surface area contributed by atoms with Crippen LogP contribution in [-0.2, 0) is 6.42 Å². The van der Waals surface area contributed by atoms with Crippen molar-refractivity contribution in [3.8, 4) is 0 Å². The van der Waals surface area contributed by atoms with E-state index in [1.165, 1.54) is 15.6 Å². The van der Waals surface area contributed by atoms with Gasteiger partial charge in [-0.2, -0.15) is 0 Å². The molecule has 0 radical (unpaired) electrons. The summed E-state index contributed by atoms with van der Waals surface area (Å²) < 4.78 is 1.30. The van der Waals surface area contributed by atoms with Crippen molar-refractivity contribution in [1.29, 1.82) is 0 Å². The van der Waals surface area contributed by atoms with Crippen LogP contribution in [0, 0.1) is 6.92 Å². The normalized spacial score (nSPS) is 10.7. The number of carbonyl (C=O) groups is 1. The van der Waals surface area contributed by atoms with Crippen molar-refractivity contribution in [3.05, 3.63) is 70.6 Å². The molecule has 0 unspecified atom stereocenters. The van der Waals surface area contributed by atoms with Crippen LogP contribution in [0.3, 0.4) is 0 Å². The first-order valence-corrected chi connectivity index (χ1v) is 7.92. The van der Waals surface area contributed by atoms with E-state index < -0.39 is 0 Å². The fourth-order valence-corrected chi connectivity index (χ4v) is 3.46. The van der Waals surface area contributed by atoms with Gasteiger partial charge >= 0.3 is 0 Å². The molecule has 2 aromatic carbocycles. The predicted molar refractivity (Wildman–Crippen MR) is 89.0 cm³/mol. The number of fused-ring (bicyclic) bond motifs is 1. The average molecular weight is 295 g/mol. The van der Waals surface area contributed by atoms with Gasteiger partial charge in [-0.05, 0) is 47.4 Å². The first-order valence-electron chi connectivity index (χ1n) is 7.04. The molecule has 2 nitrogen and oxygen atoms in total. The zero-order valence-electron chi connectivity index (χ0n) is 11.9. The number of carbonyl (C=O) groups excluding carboxylic acids is 1. The van der Waals surface area contributed by atoms with E-state index in [-0.39, 0.29) is 5.91 Å². The molecule has 106 valence electrons. The lowest BCUT2D eigenvalue weighted by atomic mass is 10.1. The lowest BCUT2D eigenvalue weighted by molar-refractivity contribution is 0.0953. The molecule has 21 heavy (non-hydrogen) atoms. The Morgan fingerprint density at radius 1 is 1.10 bits per heavy atom. The van der Waals surface area contributed by atoms with E-state index in [4.69, 9.17) is 0 Å². The molecular weight excluding hydrogens is 278 g/mol. The van der Waals surface area contributed by atoms with Crippen LogP contribution in [0.4, 0.5) is 0 Å². The molecule has 0 spiro atoms. The van der Waals surface area contributed by atoms with Crippen molar-refractivity contribution >= 4 is 27.3 Å². The van der Waals surface area contributed by atoms with Crippen LogP contribution in [-0.4, -0.2) is 12.5 Å². The van der Waals surface area contributed by atoms with Crippen LogP contribution < -0.4 is 5.32 Å². The number of rotatable bonds is 4. The van der Waals surface area contributed by atoms with Crippen molar-refractivity contribution in [3.63, 3.8) is 0 Å². The van der Waals surface area contributed by atoms with Gasteiger partial charge in [0.15, 0.2) is 0 Å². The Bertz CT molecular complexity index is 775. The summed E-state index contributed by atoms with van der Waals surface area (Å²) in [5.74, 6) is 0.00707. The average Bonchev–Trinajstić information content (AvgIpc) is 2.91. The number of hydrogen-bond acceptors (Lipinski definition) is 2. The topological polar surface area (TPSA) is 29.1 Å². The van der Waals surface area contributed by atoms with E-state index >= 15 is 0 Å². The van der Waals surface area contributed by atoms with Gasteiger partial charge in [-0.1, -0.05) is 36.4 Å². The second-order valence-electron chi connectivity index (χ2n) is 5.08. The smallest absolute Gasteiger partial charge is 0.251 e. The summed E-state index contributed by atoms with van der Waals surface area (Å²) in [5.41, 5.74) is 3.07. The fraction of sp³-hybridized carbons (Fsp3) is 0.167. The van der Waals surface area contributed by atoms with Gasteiger partial charge in [0.05, 0.1) is 0 Å². The Balaban J connectivity index is 1.64. The Labute approximate surface area is 128 Å². The SMILES string of the molecule is Cc1ccccc1C(=O)NCCc1csc2ccccc12. The Morgan fingerprint density at radius 2 is 1.86 bits per heavy atom. The number of thiophene rings is 1. The summed E-state index contributed by atoms with van der Waals surface area (Å²) in [6, 6.07) is 16.1. The molecule has 3 heteroatoms. The summed E-state index contributed by atoms with van der Waals surface area (Å²) in [7, 11) is 0. The minimum Gasteiger partial charge on any atom is -0.352 e. The number of hydrogen-bond donors (Lipinski definition) is 1. The van der Waals surface area contributed by atoms with Crippen LogP contribution in [0.1, 0.15) is 21.5 Å². The maximum Gasteiger partial charge on any atom is 0.251 e. The molecular formula is C18H17NOS. The van der Waals surface area contributed by atoms with E-state index in [2.05, 4.69) is 35.0 Å². The van der Waals surface area contributed by atoms with Gasteiger partial charge in [-0.25, -0.2) is 0 Å². The number of benzene rings is 2. The third kappa shape index (κ3) is 2.98. The number of amides is 1. The highest BCUT2D eigenvalue weighted by molar-refractivity contribution is 7.17. The molecule has 1 heterocycles. The largest absolute Gasteiger partial charge is 0.352 e. The molecule has 0 saturated carbocycles. The van der Waals surface area contributed by atoms with E-state index in [9.17, 15) is 4.79 Å². The van der Waals surface area contributed by atoms with Crippen molar-refractivity contribution in [2.45, 2.75) is 13.3 Å². The molecule has 0 atom stereocenters. The van der Waals surface area contributed by atoms with Gasteiger partial charge in [-0.3, -0.25) is 4.79 Å². The lowest BCUT2D eigenvalue weighted by Crippen LogP contribution is -2.26. The van der Waals surface area contributed by atoms with Gasteiger partial charge in [-0.15, -0.1) is 11.3 Å². The van der Waals surface area contributed by atoms with Gasteiger partial charge in [0, 0.05) is 16.8 Å². The molecule has 0 aliphatic heterocycles. The highest BCUT2D eigenvalue weighted by Gasteiger charge is 2.08. The molecule has 1 aromatic heterocycles. The predicted octanol–water partition coefficient (Wildman–Crippen LogP) is 4.18. The monoisotopic (exact) mass is 295 g/mol. The van der Waals surface area contributed by atoms with Crippen molar-refractivity contribution in [1.82, 2.24) is 5.32 Å². The van der Waals surface area contributed by atoms with Crippen LogP contribution >= 0.6 is 11.3 Å². The maximum absolute atomic E-state index is 12.1. The highest BCUT2D eigenvalue weighted by Crippen LogP contribution is 2.25. The molecule has 0 aliphatic rings. The summed E-state index contributed by atoms with van der Waals surface area (Å²) in [6.07, 6.45) is 0.863. The molecule has 0 bridgehead atoms. The van der Waals surface area contributed by atoms with Crippen molar-refractivity contribution in [2.24, 2.45) is 0 Å². The molecule has 0 fully saturated rings. The summed E-state index contributed by atoms with van der Waals surface area (Å²) in [6.45, 7) is 2.62. The van der Waals surface area contributed by atoms with Crippen LogP contribution in [0.2, 0.25) is 0 Å². The lowest BCUT2D eigenvalue weighted by Gasteiger charge is -2.07. The van der Waals surface area contributed by atoms with E-state index in [0.29, 0.717) is 6.54 Å². The van der Waals surface area contributed by atoms with Crippen LogP contribution in [0.15, 0.2) is 53.9 Å². The first kappa shape index (κ1) is 13.8. The molecule has 3 rings (SSSR count). The minimum absolute atomic E-state index is 0.00707. The standard InChI is InChI=1S/C18H17NOS/c1-13-6-2-3-7-15(13)18(20)19-11-10-14-12-21-17-9-5-4-8-16(14)17/h2-9,12H,10-11H2,1H3,(H,19,20). The zero-order valence-corrected chi connectivity index (χ0v) is 12.7. The minimum atomic E-state index is 0.00707. The summed E-state index contributed by atoms with van der Waals surface area (Å²) >= 11 is 1.76. The van der Waals surface area contributed by atoms with E-state index in [1.54, 1.807) is 11.3 Å². The first-order chi connectivity index (χ1) is 10.3.